The maximum Gasteiger partial charge on any atom is 0.0658 e. The highest BCUT2D eigenvalue weighted by Crippen LogP contribution is 2.39. The van der Waals surface area contributed by atoms with Crippen LogP contribution in [0.2, 0.25) is 0 Å². The van der Waals surface area contributed by atoms with Crippen molar-refractivity contribution in [3.05, 3.63) is 17.7 Å². The van der Waals surface area contributed by atoms with Crippen molar-refractivity contribution in [2.45, 2.75) is 16.7 Å². The van der Waals surface area contributed by atoms with Gasteiger partial charge in [-0.25, -0.2) is 0 Å². The van der Waals surface area contributed by atoms with Gasteiger partial charge in [0.05, 0.1) is 5.88 Å². The molecular weight excluding hydrogens is 174 g/mol. The first-order valence-electron chi connectivity index (χ1n) is 3.48. The fourth-order valence-electron chi connectivity index (χ4n) is 1.14. The standard InChI is InChI=1S/C8H9NS2/c1-5-2-3-6-8(7(5)10)11-4-9-6/h2-3,9-10H,4H2,1H3. The third-order valence-corrected chi connectivity index (χ3v) is 3.54. The lowest BCUT2D eigenvalue weighted by Crippen LogP contribution is -1.88. The van der Waals surface area contributed by atoms with Gasteiger partial charge in [-0.05, 0) is 18.6 Å². The summed E-state index contributed by atoms with van der Waals surface area (Å²) in [5, 5.41) is 3.28. The maximum absolute atomic E-state index is 4.44. The van der Waals surface area contributed by atoms with Gasteiger partial charge in [-0.1, -0.05) is 6.07 Å². The molecular formula is C8H9NS2. The quantitative estimate of drug-likeness (QED) is 0.600. The molecule has 0 unspecified atom stereocenters. The van der Waals surface area contributed by atoms with E-state index in [2.05, 4.69) is 37.0 Å². The Balaban J connectivity index is 2.62. The second-order valence-corrected chi connectivity index (χ2v) is 4.01. The first-order chi connectivity index (χ1) is 5.29. The van der Waals surface area contributed by atoms with Crippen molar-refractivity contribution in [1.29, 1.82) is 0 Å². The highest BCUT2D eigenvalue weighted by Gasteiger charge is 2.13. The molecule has 1 N–H and O–H groups in total. The van der Waals surface area contributed by atoms with Crippen LogP contribution in [0.25, 0.3) is 0 Å². The minimum Gasteiger partial charge on any atom is -0.375 e. The molecule has 0 fully saturated rings. The van der Waals surface area contributed by atoms with Crippen molar-refractivity contribution in [2.75, 3.05) is 11.2 Å². The second kappa shape index (κ2) is 2.64. The Kier molecular flexibility index (Phi) is 1.77. The van der Waals surface area contributed by atoms with Crippen LogP contribution in [0.15, 0.2) is 21.9 Å². The first kappa shape index (κ1) is 7.37. The van der Waals surface area contributed by atoms with Crippen molar-refractivity contribution in [3.8, 4) is 0 Å². The molecule has 11 heavy (non-hydrogen) atoms. The molecule has 0 saturated carbocycles. The fourth-order valence-corrected chi connectivity index (χ4v) is 2.49. The summed E-state index contributed by atoms with van der Waals surface area (Å²) >= 11 is 6.26. The number of fused-ring (bicyclic) bond motifs is 1. The van der Waals surface area contributed by atoms with Crippen LogP contribution in [-0.2, 0) is 0 Å². The largest absolute Gasteiger partial charge is 0.375 e. The summed E-state index contributed by atoms with van der Waals surface area (Å²) in [5.74, 6) is 0.979. The molecule has 1 aliphatic heterocycles. The van der Waals surface area contributed by atoms with Crippen LogP contribution in [0.1, 0.15) is 5.56 Å². The Labute approximate surface area is 76.0 Å². The highest BCUT2D eigenvalue weighted by atomic mass is 32.2. The number of thioether (sulfide) groups is 1. The molecule has 3 heteroatoms. The molecule has 2 rings (SSSR count). The van der Waals surface area contributed by atoms with Crippen molar-refractivity contribution < 1.29 is 0 Å². The van der Waals surface area contributed by atoms with Crippen molar-refractivity contribution in [3.63, 3.8) is 0 Å². The molecule has 1 aliphatic rings. The number of hydrogen-bond acceptors (Lipinski definition) is 3. The molecule has 0 radical (unpaired) electrons. The maximum atomic E-state index is 4.44. The summed E-state index contributed by atoms with van der Waals surface area (Å²) < 4.78 is 0. The number of anilines is 1. The molecule has 0 spiro atoms. The molecule has 0 bridgehead atoms. The van der Waals surface area contributed by atoms with Crippen LogP contribution in [0.5, 0.6) is 0 Å². The summed E-state index contributed by atoms with van der Waals surface area (Å²) in [6, 6.07) is 4.21. The Morgan fingerprint density at radius 3 is 3.18 bits per heavy atom. The molecule has 0 atom stereocenters. The zero-order chi connectivity index (χ0) is 7.84. The van der Waals surface area contributed by atoms with E-state index in [4.69, 9.17) is 0 Å². The number of thiol groups is 1. The monoisotopic (exact) mass is 183 g/mol. The molecule has 1 aromatic carbocycles. The van der Waals surface area contributed by atoms with Gasteiger partial charge in [0, 0.05) is 15.5 Å². The van der Waals surface area contributed by atoms with Gasteiger partial charge >= 0.3 is 0 Å². The predicted molar refractivity (Wildman–Crippen MR) is 52.8 cm³/mol. The summed E-state index contributed by atoms with van der Waals surface area (Å²) in [6.07, 6.45) is 0. The summed E-state index contributed by atoms with van der Waals surface area (Å²) in [4.78, 5) is 2.42. The Morgan fingerprint density at radius 2 is 2.36 bits per heavy atom. The molecule has 0 aromatic heterocycles. The zero-order valence-corrected chi connectivity index (χ0v) is 7.93. The van der Waals surface area contributed by atoms with Gasteiger partial charge in [0.15, 0.2) is 0 Å². The minimum absolute atomic E-state index is 0.979. The van der Waals surface area contributed by atoms with Gasteiger partial charge in [-0.2, -0.15) is 0 Å². The molecule has 0 saturated heterocycles. The average molecular weight is 183 g/mol. The van der Waals surface area contributed by atoms with E-state index in [-0.39, 0.29) is 0 Å². The number of benzene rings is 1. The lowest BCUT2D eigenvalue weighted by Gasteiger charge is -2.03. The lowest BCUT2D eigenvalue weighted by molar-refractivity contribution is 1.19. The van der Waals surface area contributed by atoms with Gasteiger partial charge in [0.1, 0.15) is 0 Å². The highest BCUT2D eigenvalue weighted by molar-refractivity contribution is 8.00. The minimum atomic E-state index is 0.979. The van der Waals surface area contributed by atoms with Gasteiger partial charge in [-0.3, -0.25) is 0 Å². The Morgan fingerprint density at radius 1 is 1.55 bits per heavy atom. The van der Waals surface area contributed by atoms with Gasteiger partial charge in [0.2, 0.25) is 0 Å². The molecule has 1 heterocycles. The molecule has 58 valence electrons. The van der Waals surface area contributed by atoms with E-state index in [1.54, 1.807) is 0 Å². The van der Waals surface area contributed by atoms with Crippen molar-refractivity contribution >= 4 is 30.1 Å². The van der Waals surface area contributed by atoms with E-state index in [1.807, 2.05) is 11.8 Å². The van der Waals surface area contributed by atoms with Crippen LogP contribution in [-0.4, -0.2) is 5.88 Å². The molecule has 0 aliphatic carbocycles. The Bertz CT molecular complexity index is 296. The van der Waals surface area contributed by atoms with E-state index in [0.29, 0.717) is 0 Å². The predicted octanol–water partition coefficient (Wildman–Crippen LogP) is 2.76. The molecule has 1 nitrogen and oxygen atoms in total. The first-order valence-corrected chi connectivity index (χ1v) is 4.91. The number of nitrogens with one attached hydrogen (secondary N) is 1. The molecule has 1 aromatic rings. The van der Waals surface area contributed by atoms with Crippen LogP contribution >= 0.6 is 24.4 Å². The van der Waals surface area contributed by atoms with E-state index in [9.17, 15) is 0 Å². The van der Waals surface area contributed by atoms with Crippen LogP contribution in [0.4, 0.5) is 5.69 Å². The normalized spacial score (nSPS) is 14.4. The average Bonchev–Trinajstić information content (AvgIpc) is 2.45. The van der Waals surface area contributed by atoms with Gasteiger partial charge < -0.3 is 5.32 Å². The number of aryl methyl sites for hydroxylation is 1. The third-order valence-electron chi connectivity index (χ3n) is 1.81. The van der Waals surface area contributed by atoms with Gasteiger partial charge in [0.25, 0.3) is 0 Å². The van der Waals surface area contributed by atoms with E-state index < -0.39 is 0 Å². The Hall–Kier alpha value is -0.280. The summed E-state index contributed by atoms with van der Waals surface area (Å²) in [7, 11) is 0. The topological polar surface area (TPSA) is 12.0 Å². The number of hydrogen-bond donors (Lipinski definition) is 2. The SMILES string of the molecule is Cc1ccc2c(c1S)SCN2. The van der Waals surface area contributed by atoms with Crippen molar-refractivity contribution in [1.82, 2.24) is 0 Å². The summed E-state index contributed by atoms with van der Waals surface area (Å²) in [6.45, 7) is 2.08. The van der Waals surface area contributed by atoms with Crippen LogP contribution in [0, 0.1) is 6.92 Å². The molecule has 0 amide bonds. The van der Waals surface area contributed by atoms with Gasteiger partial charge in [-0.15, -0.1) is 24.4 Å². The smallest absolute Gasteiger partial charge is 0.0658 e. The van der Waals surface area contributed by atoms with E-state index in [1.165, 1.54) is 16.1 Å². The van der Waals surface area contributed by atoms with E-state index in [0.717, 1.165) is 10.8 Å². The zero-order valence-electron chi connectivity index (χ0n) is 6.22. The number of rotatable bonds is 0. The van der Waals surface area contributed by atoms with E-state index >= 15 is 0 Å². The third kappa shape index (κ3) is 1.12. The van der Waals surface area contributed by atoms with Crippen LogP contribution < -0.4 is 5.32 Å². The lowest BCUT2D eigenvalue weighted by atomic mass is 10.2. The van der Waals surface area contributed by atoms with Crippen molar-refractivity contribution in [2.24, 2.45) is 0 Å². The second-order valence-electron chi connectivity index (χ2n) is 2.57. The van der Waals surface area contributed by atoms with Crippen LogP contribution in [0.3, 0.4) is 0 Å². The summed E-state index contributed by atoms with van der Waals surface area (Å²) in [5.41, 5.74) is 2.48. The fraction of sp³-hybridized carbons (Fsp3) is 0.250.